The molecule has 0 saturated heterocycles. The van der Waals surface area contributed by atoms with Crippen LogP contribution in [0.25, 0.3) is 66.1 Å². The molecule has 0 saturated carbocycles. The number of hydrogen-bond acceptors (Lipinski definition) is 4. The maximum Gasteiger partial charge on any atom is 0.109 e. The van der Waals surface area contributed by atoms with Gasteiger partial charge >= 0.3 is 0 Å². The number of nitrogens with zero attached hydrogens (tertiary/aromatic N) is 2. The Kier molecular flexibility index (Phi) is 11.7. The largest absolute Gasteiger partial charge is 0.301 e. The summed E-state index contributed by atoms with van der Waals surface area (Å²) in [6.07, 6.45) is 2.46. The van der Waals surface area contributed by atoms with Crippen molar-refractivity contribution in [3.8, 4) is 22.3 Å². The summed E-state index contributed by atoms with van der Waals surface area (Å²) in [6.45, 7) is 0. The molecule has 0 radical (unpaired) electrons. The summed E-state index contributed by atoms with van der Waals surface area (Å²) in [6, 6.07) is 101. The zero-order valence-electron chi connectivity index (χ0n) is 39.8. The highest BCUT2D eigenvalue weighted by Crippen LogP contribution is 2.59. The van der Waals surface area contributed by atoms with E-state index in [-0.39, 0.29) is 0 Å². The molecule has 344 valence electrons. The Morgan fingerprint density at radius 2 is 0.603 bits per heavy atom. The summed E-state index contributed by atoms with van der Waals surface area (Å²) in [5, 5.41) is 7.10. The number of benzene rings is 10. The molecule has 0 aliphatic heterocycles. The maximum absolute atomic E-state index is 2.49. The molecule has 0 fully saturated rings. The smallest absolute Gasteiger partial charge is 0.109 e. The molecular formula is C69H47N2S2+. The zero-order chi connectivity index (χ0) is 48.5. The summed E-state index contributed by atoms with van der Waals surface area (Å²) in [5.41, 5.74) is 16.3. The van der Waals surface area contributed by atoms with Crippen molar-refractivity contribution in [2.45, 2.75) is 0 Å². The molecular weight excluding hydrogens is 921 g/mol. The van der Waals surface area contributed by atoms with Gasteiger partial charge < -0.3 is 9.80 Å². The van der Waals surface area contributed by atoms with Gasteiger partial charge in [-0.3, -0.25) is 0 Å². The Morgan fingerprint density at radius 1 is 0.288 bits per heavy atom. The van der Waals surface area contributed by atoms with Crippen LogP contribution >= 0.6 is 22.7 Å². The summed E-state index contributed by atoms with van der Waals surface area (Å²) in [7, 11) is 0. The highest BCUT2D eigenvalue weighted by atomic mass is 32.1. The highest BCUT2D eigenvalue weighted by Gasteiger charge is 2.40. The van der Waals surface area contributed by atoms with E-state index < -0.39 is 0 Å². The summed E-state index contributed by atoms with van der Waals surface area (Å²) >= 11 is 3.74. The van der Waals surface area contributed by atoms with Gasteiger partial charge in [-0.2, -0.15) is 0 Å². The SMILES string of the molecule is c1ccc(C2=C(c3cc(-c4ccccc4)c(N(c4ccccc4)c4cccc5ccccc45)s3)C(c3cc(-c4ccccc4)c(N(c4ccccc4)c4cccc5ccccc45)s3)=C(c3ccccc3)[CH+]2)cc1. The van der Waals surface area contributed by atoms with Crippen LogP contribution in [0.3, 0.4) is 0 Å². The van der Waals surface area contributed by atoms with E-state index in [9.17, 15) is 0 Å². The van der Waals surface area contributed by atoms with Crippen molar-refractivity contribution in [1.29, 1.82) is 0 Å². The third-order valence-corrected chi connectivity index (χ3v) is 16.1. The fraction of sp³-hybridized carbons (Fsp3) is 0. The van der Waals surface area contributed by atoms with E-state index in [2.05, 4.69) is 295 Å². The Morgan fingerprint density at radius 3 is 0.986 bits per heavy atom. The molecule has 10 aromatic carbocycles. The molecule has 2 heterocycles. The van der Waals surface area contributed by atoms with Crippen LogP contribution < -0.4 is 9.80 Å². The number of anilines is 6. The van der Waals surface area contributed by atoms with E-state index >= 15 is 0 Å². The van der Waals surface area contributed by atoms with Gasteiger partial charge in [0.15, 0.2) is 0 Å². The second kappa shape index (κ2) is 19.3. The molecule has 4 heteroatoms. The average molecular weight is 968 g/mol. The number of para-hydroxylation sites is 2. The van der Waals surface area contributed by atoms with Crippen molar-refractivity contribution in [3.63, 3.8) is 0 Å². The fourth-order valence-electron chi connectivity index (χ4n) is 10.4. The third-order valence-electron chi connectivity index (χ3n) is 13.8. The Hall–Kier alpha value is -8.93. The first kappa shape index (κ1) is 44.0. The van der Waals surface area contributed by atoms with Crippen molar-refractivity contribution >= 4 is 99.3 Å². The van der Waals surface area contributed by atoms with Gasteiger partial charge in [-0.15, -0.1) is 22.7 Å². The molecule has 73 heavy (non-hydrogen) atoms. The van der Waals surface area contributed by atoms with Crippen LogP contribution in [0.1, 0.15) is 20.9 Å². The third kappa shape index (κ3) is 8.23. The molecule has 2 aromatic heterocycles. The van der Waals surface area contributed by atoms with E-state index in [0.29, 0.717) is 0 Å². The van der Waals surface area contributed by atoms with Gasteiger partial charge in [-0.05, 0) is 94.7 Å². The normalized spacial score (nSPS) is 12.4. The van der Waals surface area contributed by atoms with Gasteiger partial charge in [0.25, 0.3) is 0 Å². The van der Waals surface area contributed by atoms with Crippen LogP contribution in [0.15, 0.2) is 279 Å². The van der Waals surface area contributed by atoms with E-state index in [1.54, 1.807) is 0 Å². The number of fused-ring (bicyclic) bond motifs is 2. The number of hydrogen-bond donors (Lipinski definition) is 0. The lowest BCUT2D eigenvalue weighted by molar-refractivity contribution is 1.33. The molecule has 1 aliphatic carbocycles. The first-order valence-electron chi connectivity index (χ1n) is 24.7. The minimum absolute atomic E-state index is 1.10. The Balaban J connectivity index is 1.11. The Labute approximate surface area is 435 Å². The van der Waals surface area contributed by atoms with Gasteiger partial charge in [-0.1, -0.05) is 206 Å². The molecule has 12 aromatic rings. The summed E-state index contributed by atoms with van der Waals surface area (Å²) in [5.74, 6) is 0. The van der Waals surface area contributed by atoms with E-state index in [0.717, 1.165) is 43.9 Å². The highest BCUT2D eigenvalue weighted by molar-refractivity contribution is 7.19. The molecule has 0 amide bonds. The lowest BCUT2D eigenvalue weighted by atomic mass is 9.95. The van der Waals surface area contributed by atoms with Gasteiger partial charge in [-0.25, -0.2) is 0 Å². The van der Waals surface area contributed by atoms with E-state index in [4.69, 9.17) is 0 Å². The van der Waals surface area contributed by atoms with Crippen molar-refractivity contribution in [2.75, 3.05) is 9.80 Å². The predicted molar refractivity (Wildman–Crippen MR) is 315 cm³/mol. The van der Waals surface area contributed by atoms with Crippen molar-refractivity contribution in [3.05, 3.63) is 306 Å². The lowest BCUT2D eigenvalue weighted by Crippen LogP contribution is -2.09. The zero-order valence-corrected chi connectivity index (χ0v) is 41.5. The van der Waals surface area contributed by atoms with Crippen LogP contribution in [-0.4, -0.2) is 0 Å². The van der Waals surface area contributed by atoms with Crippen molar-refractivity contribution in [1.82, 2.24) is 0 Å². The summed E-state index contributed by atoms with van der Waals surface area (Å²) in [4.78, 5) is 7.35. The monoisotopic (exact) mass is 967 g/mol. The van der Waals surface area contributed by atoms with Gasteiger partial charge in [0.1, 0.15) is 21.1 Å². The van der Waals surface area contributed by atoms with Gasteiger partial charge in [0.2, 0.25) is 0 Å². The molecule has 0 atom stereocenters. The van der Waals surface area contributed by atoms with Crippen molar-refractivity contribution in [2.24, 2.45) is 0 Å². The second-order valence-electron chi connectivity index (χ2n) is 18.2. The van der Waals surface area contributed by atoms with Crippen molar-refractivity contribution < 1.29 is 0 Å². The van der Waals surface area contributed by atoms with Crippen LogP contribution in [-0.2, 0) is 0 Å². The maximum atomic E-state index is 2.49. The van der Waals surface area contributed by atoms with Crippen LogP contribution in [0.2, 0.25) is 0 Å². The molecule has 0 bridgehead atoms. The average Bonchev–Trinajstić information content (AvgIpc) is 4.22. The molecule has 13 rings (SSSR count). The topological polar surface area (TPSA) is 6.48 Å². The second-order valence-corrected chi connectivity index (χ2v) is 20.2. The van der Waals surface area contributed by atoms with E-state index in [1.807, 2.05) is 22.7 Å². The van der Waals surface area contributed by atoms with Gasteiger partial charge in [0, 0.05) is 50.8 Å². The molecule has 2 nitrogen and oxygen atoms in total. The van der Waals surface area contributed by atoms with Crippen LogP contribution in [0.4, 0.5) is 32.8 Å². The van der Waals surface area contributed by atoms with Crippen LogP contribution in [0, 0.1) is 6.42 Å². The fourth-order valence-corrected chi connectivity index (χ4v) is 13.0. The molecule has 0 unspecified atom stereocenters. The lowest BCUT2D eigenvalue weighted by Gasteiger charge is -2.26. The Bertz CT molecular complexity index is 3700. The standard InChI is InChI=1S/C69H47N2S2/c1-7-25-50(26-8-1)58-45-59(51-27-9-2-10-28-51)67(65-47-61(53-31-13-4-14-32-53)69(73-65)71(55-39-17-6-18-40-55)63-44-24-36-49-34-20-22-42-57(49)63)66(58)64-46-60(52-29-11-3-12-30-52)68(72-64)70(54-37-15-5-16-38-54)62-43-23-35-48-33-19-21-41-56(48)62/h1-47H/q+1. The molecule has 1 aliphatic rings. The van der Waals surface area contributed by atoms with Crippen LogP contribution in [0.5, 0.6) is 0 Å². The number of rotatable bonds is 12. The first-order chi connectivity index (χ1) is 36.2. The minimum Gasteiger partial charge on any atom is -0.301 e. The molecule has 0 N–H and O–H groups in total. The minimum atomic E-state index is 1.10. The van der Waals surface area contributed by atoms with Gasteiger partial charge in [0.05, 0.1) is 32.3 Å². The van der Waals surface area contributed by atoms with E-state index in [1.165, 1.54) is 75.8 Å². The number of allylic oxidation sites excluding steroid dienone is 4. The summed E-state index contributed by atoms with van der Waals surface area (Å²) < 4.78 is 0. The predicted octanol–water partition coefficient (Wildman–Crippen LogP) is 20.1. The number of thiophene rings is 2. The quantitative estimate of drug-likeness (QED) is 0.113. The molecule has 0 spiro atoms. The first-order valence-corrected chi connectivity index (χ1v) is 26.4.